The maximum Gasteiger partial charge on any atom is 0.339 e. The topological polar surface area (TPSA) is 112 Å². The largest absolute Gasteiger partial charge is 0.465 e. The predicted molar refractivity (Wildman–Crippen MR) is 108 cm³/mol. The second-order valence-electron chi connectivity index (χ2n) is 6.44. The summed E-state index contributed by atoms with van der Waals surface area (Å²) in [5.41, 5.74) is 2.44. The molecule has 9 heteroatoms. The molecule has 154 valence electrons. The second-order valence-corrected chi connectivity index (χ2v) is 6.44. The summed E-state index contributed by atoms with van der Waals surface area (Å²) in [7, 11) is 2.47. The monoisotopic (exact) mass is 408 g/mol. The average Bonchev–Trinajstić information content (AvgIpc) is 3.10. The van der Waals surface area contributed by atoms with Gasteiger partial charge in [-0.05, 0) is 50.2 Å². The number of hydrogen-bond acceptors (Lipinski definition) is 7. The van der Waals surface area contributed by atoms with E-state index < -0.39 is 17.8 Å². The molecule has 30 heavy (non-hydrogen) atoms. The van der Waals surface area contributed by atoms with Gasteiger partial charge >= 0.3 is 11.9 Å². The molecular weight excluding hydrogens is 388 g/mol. The van der Waals surface area contributed by atoms with Gasteiger partial charge in [0, 0.05) is 11.9 Å². The second kappa shape index (κ2) is 8.56. The zero-order valence-corrected chi connectivity index (χ0v) is 16.9. The van der Waals surface area contributed by atoms with Gasteiger partial charge in [-0.2, -0.15) is 5.10 Å². The lowest BCUT2D eigenvalue weighted by molar-refractivity contribution is 0.0587. The van der Waals surface area contributed by atoms with Gasteiger partial charge in [0.05, 0.1) is 42.3 Å². The summed E-state index contributed by atoms with van der Waals surface area (Å²) in [5, 5.41) is 6.98. The van der Waals surface area contributed by atoms with Crippen molar-refractivity contribution in [1.29, 1.82) is 0 Å². The van der Waals surface area contributed by atoms with Crippen molar-refractivity contribution in [2.75, 3.05) is 19.5 Å². The maximum absolute atomic E-state index is 12.7. The molecular formula is C21H20N4O5. The van der Waals surface area contributed by atoms with Crippen LogP contribution in [0.15, 0.2) is 42.6 Å². The normalized spacial score (nSPS) is 10.4. The lowest BCUT2D eigenvalue weighted by atomic mass is 10.1. The molecule has 3 aromatic rings. The maximum atomic E-state index is 12.7. The molecule has 2 heterocycles. The number of rotatable bonds is 5. The summed E-state index contributed by atoms with van der Waals surface area (Å²) in [6.45, 7) is 3.79. The molecule has 0 bridgehead atoms. The number of ether oxygens (including phenoxy) is 2. The van der Waals surface area contributed by atoms with E-state index in [1.165, 1.54) is 38.6 Å². The van der Waals surface area contributed by atoms with Gasteiger partial charge in [-0.1, -0.05) is 0 Å². The molecule has 0 fully saturated rings. The first-order valence-electron chi connectivity index (χ1n) is 8.95. The van der Waals surface area contributed by atoms with Gasteiger partial charge in [0.2, 0.25) is 0 Å². The van der Waals surface area contributed by atoms with E-state index >= 15 is 0 Å². The molecule has 0 spiro atoms. The Bertz CT molecular complexity index is 1120. The van der Waals surface area contributed by atoms with E-state index in [0.29, 0.717) is 5.82 Å². The summed E-state index contributed by atoms with van der Waals surface area (Å²) in [6.07, 6.45) is 1.41. The lowest BCUT2D eigenvalue weighted by Gasteiger charge is -2.12. The van der Waals surface area contributed by atoms with E-state index in [9.17, 15) is 14.4 Å². The number of hydrogen-bond donors (Lipinski definition) is 1. The molecule has 0 unspecified atom stereocenters. The molecule has 0 saturated heterocycles. The number of nitrogens with one attached hydrogen (secondary N) is 1. The zero-order chi connectivity index (χ0) is 21.8. The van der Waals surface area contributed by atoms with Crippen LogP contribution in [0.2, 0.25) is 0 Å². The van der Waals surface area contributed by atoms with Gasteiger partial charge in [0.1, 0.15) is 0 Å². The van der Waals surface area contributed by atoms with E-state index in [1.807, 2.05) is 19.9 Å². The molecule has 9 nitrogen and oxygen atoms in total. The molecule has 1 aromatic carbocycles. The lowest BCUT2D eigenvalue weighted by Crippen LogP contribution is -2.17. The fraction of sp³-hybridized carbons (Fsp3) is 0.190. The standard InChI is InChI=1S/C21H20N4O5/c1-12-9-13(2)25(24-12)18-8-6-15(11-22-18)19(26)23-17-10-14(20(27)29-3)5-7-16(17)21(28)30-4/h5-11H,1-4H3,(H,23,26). The molecule has 0 aliphatic heterocycles. The number of carbonyl (C=O) groups is 3. The molecule has 3 rings (SSSR count). The van der Waals surface area contributed by atoms with Crippen LogP contribution >= 0.6 is 0 Å². The van der Waals surface area contributed by atoms with Crippen LogP contribution in [-0.4, -0.2) is 46.8 Å². The molecule has 1 amide bonds. The number of esters is 2. The first kappa shape index (κ1) is 20.7. The number of methoxy groups -OCH3 is 2. The fourth-order valence-corrected chi connectivity index (χ4v) is 2.88. The van der Waals surface area contributed by atoms with Gasteiger partial charge in [0.25, 0.3) is 5.91 Å². The average molecular weight is 408 g/mol. The van der Waals surface area contributed by atoms with Gasteiger partial charge in [-0.15, -0.1) is 0 Å². The summed E-state index contributed by atoms with van der Waals surface area (Å²) in [5.74, 6) is -1.19. The van der Waals surface area contributed by atoms with E-state index in [-0.39, 0.29) is 22.4 Å². The van der Waals surface area contributed by atoms with E-state index in [0.717, 1.165) is 11.4 Å². The summed E-state index contributed by atoms with van der Waals surface area (Å²) >= 11 is 0. The highest BCUT2D eigenvalue weighted by Gasteiger charge is 2.18. The molecule has 0 radical (unpaired) electrons. The van der Waals surface area contributed by atoms with Crippen LogP contribution in [0.1, 0.15) is 42.5 Å². The number of amides is 1. The number of nitrogens with zero attached hydrogens (tertiary/aromatic N) is 3. The minimum Gasteiger partial charge on any atom is -0.465 e. The number of aryl methyl sites for hydroxylation is 2. The first-order valence-corrected chi connectivity index (χ1v) is 8.95. The molecule has 0 aliphatic rings. The van der Waals surface area contributed by atoms with E-state index in [1.54, 1.807) is 16.8 Å². The Balaban J connectivity index is 1.88. The third-order valence-corrected chi connectivity index (χ3v) is 4.33. The quantitative estimate of drug-likeness (QED) is 0.646. The van der Waals surface area contributed by atoms with Gasteiger partial charge in [-0.25, -0.2) is 19.3 Å². The molecule has 2 aromatic heterocycles. The van der Waals surface area contributed by atoms with Gasteiger partial charge in [-0.3, -0.25) is 4.79 Å². The van der Waals surface area contributed by atoms with Crippen molar-refractivity contribution in [1.82, 2.24) is 14.8 Å². The van der Waals surface area contributed by atoms with Gasteiger partial charge in [0.15, 0.2) is 5.82 Å². The van der Waals surface area contributed by atoms with Crippen molar-refractivity contribution in [2.45, 2.75) is 13.8 Å². The fourth-order valence-electron chi connectivity index (χ4n) is 2.88. The minimum absolute atomic E-state index is 0.103. The van der Waals surface area contributed by atoms with Crippen LogP contribution in [-0.2, 0) is 9.47 Å². The van der Waals surface area contributed by atoms with Crippen LogP contribution in [0.5, 0.6) is 0 Å². The number of benzene rings is 1. The minimum atomic E-state index is -0.653. The van der Waals surface area contributed by atoms with Crippen LogP contribution in [0.4, 0.5) is 5.69 Å². The Morgan fingerprint density at radius 2 is 1.63 bits per heavy atom. The third-order valence-electron chi connectivity index (χ3n) is 4.33. The summed E-state index contributed by atoms with van der Waals surface area (Å²) in [6, 6.07) is 9.34. The van der Waals surface area contributed by atoms with Crippen LogP contribution in [0.3, 0.4) is 0 Å². The highest BCUT2D eigenvalue weighted by Crippen LogP contribution is 2.21. The number of anilines is 1. The Labute approximate surface area is 172 Å². The van der Waals surface area contributed by atoms with Crippen molar-refractivity contribution in [3.05, 3.63) is 70.7 Å². The van der Waals surface area contributed by atoms with Crippen molar-refractivity contribution in [3.63, 3.8) is 0 Å². The summed E-state index contributed by atoms with van der Waals surface area (Å²) < 4.78 is 11.1. The van der Waals surface area contributed by atoms with Crippen LogP contribution in [0, 0.1) is 13.8 Å². The van der Waals surface area contributed by atoms with Crippen molar-refractivity contribution < 1.29 is 23.9 Å². The Kier molecular flexibility index (Phi) is 5.91. The Morgan fingerprint density at radius 3 is 2.20 bits per heavy atom. The zero-order valence-electron chi connectivity index (χ0n) is 16.9. The van der Waals surface area contributed by atoms with Crippen molar-refractivity contribution in [2.24, 2.45) is 0 Å². The van der Waals surface area contributed by atoms with Crippen molar-refractivity contribution >= 4 is 23.5 Å². The highest BCUT2D eigenvalue weighted by atomic mass is 16.5. The van der Waals surface area contributed by atoms with Gasteiger partial charge < -0.3 is 14.8 Å². The Morgan fingerprint density at radius 1 is 0.933 bits per heavy atom. The Hall–Kier alpha value is -4.01. The SMILES string of the molecule is COC(=O)c1ccc(C(=O)OC)c(NC(=O)c2ccc(-n3nc(C)cc3C)nc2)c1. The van der Waals surface area contributed by atoms with E-state index in [4.69, 9.17) is 4.74 Å². The molecule has 0 saturated carbocycles. The number of pyridine rings is 1. The first-order chi connectivity index (χ1) is 14.3. The molecule has 0 aliphatic carbocycles. The third kappa shape index (κ3) is 4.19. The van der Waals surface area contributed by atoms with Crippen LogP contribution in [0.25, 0.3) is 5.82 Å². The molecule has 0 atom stereocenters. The predicted octanol–water partition coefficient (Wildman–Crippen LogP) is 2.71. The van der Waals surface area contributed by atoms with Crippen molar-refractivity contribution in [3.8, 4) is 5.82 Å². The molecule has 1 N–H and O–H groups in total. The van der Waals surface area contributed by atoms with E-state index in [2.05, 4.69) is 20.1 Å². The number of aromatic nitrogens is 3. The highest BCUT2D eigenvalue weighted by molar-refractivity contribution is 6.08. The van der Waals surface area contributed by atoms with Crippen LogP contribution < -0.4 is 5.32 Å². The summed E-state index contributed by atoms with van der Waals surface area (Å²) in [4.78, 5) is 40.8. The number of carbonyl (C=O) groups excluding carboxylic acids is 3. The smallest absolute Gasteiger partial charge is 0.339 e.